The average Bonchev–Trinajstić information content (AvgIpc) is 2.65. The van der Waals surface area contributed by atoms with E-state index in [0.29, 0.717) is 18.3 Å². The second kappa shape index (κ2) is 8.84. The number of benzene rings is 2. The van der Waals surface area contributed by atoms with Gasteiger partial charge in [-0.3, -0.25) is 4.57 Å². The maximum atomic E-state index is 12.5. The normalized spacial score (nSPS) is 12.2. The van der Waals surface area contributed by atoms with Crippen LogP contribution in [-0.2, 0) is 20.2 Å². The van der Waals surface area contributed by atoms with Crippen LogP contribution in [0.4, 0.5) is 0 Å². The number of allylic oxidation sites excluding steroid dienone is 1. The minimum Gasteiger partial charge on any atom is -0.489 e. The molecule has 0 aliphatic rings. The highest BCUT2D eigenvalue weighted by atomic mass is 31.2. The van der Waals surface area contributed by atoms with Gasteiger partial charge in [-0.15, -0.1) is 0 Å². The van der Waals surface area contributed by atoms with Gasteiger partial charge < -0.3 is 13.8 Å². The molecule has 24 heavy (non-hydrogen) atoms. The first-order valence-corrected chi connectivity index (χ1v) is 9.35. The van der Waals surface area contributed by atoms with Gasteiger partial charge in [0.05, 0.1) is 0 Å². The van der Waals surface area contributed by atoms with Crippen LogP contribution in [0.5, 0.6) is 5.75 Å². The Bertz CT molecular complexity index is 700. The van der Waals surface area contributed by atoms with Crippen LogP contribution < -0.4 is 4.74 Å². The van der Waals surface area contributed by atoms with Crippen molar-refractivity contribution in [2.24, 2.45) is 0 Å². The topological polar surface area (TPSA) is 44.8 Å². The fourth-order valence-electron chi connectivity index (χ4n) is 2.28. The lowest BCUT2D eigenvalue weighted by Gasteiger charge is -2.16. The molecule has 0 bridgehead atoms. The lowest BCUT2D eigenvalue weighted by Crippen LogP contribution is -1.95. The monoisotopic (exact) mass is 346 g/mol. The van der Waals surface area contributed by atoms with Gasteiger partial charge in [0.2, 0.25) is 0 Å². The molecule has 0 fully saturated rings. The minimum absolute atomic E-state index is 0.527. The van der Waals surface area contributed by atoms with Crippen molar-refractivity contribution in [1.82, 2.24) is 0 Å². The Kier molecular flexibility index (Phi) is 6.80. The van der Waals surface area contributed by atoms with E-state index in [-0.39, 0.29) is 0 Å². The summed E-state index contributed by atoms with van der Waals surface area (Å²) in [7, 11) is -0.397. The van der Waals surface area contributed by atoms with Gasteiger partial charge in [-0.05, 0) is 35.8 Å². The molecule has 0 amide bonds. The molecule has 5 heteroatoms. The molecular weight excluding hydrogens is 323 g/mol. The predicted molar refractivity (Wildman–Crippen MR) is 97.1 cm³/mol. The van der Waals surface area contributed by atoms with E-state index < -0.39 is 7.60 Å². The largest absolute Gasteiger partial charge is 0.489 e. The summed E-state index contributed by atoms with van der Waals surface area (Å²) in [4.78, 5) is 0. The van der Waals surface area contributed by atoms with Crippen molar-refractivity contribution >= 4 is 13.7 Å². The van der Waals surface area contributed by atoms with Crippen LogP contribution in [0.25, 0.3) is 6.08 Å². The van der Waals surface area contributed by atoms with Crippen molar-refractivity contribution in [1.29, 1.82) is 0 Å². The number of hydrogen-bond donors (Lipinski definition) is 0. The fraction of sp³-hybridized carbons (Fsp3) is 0.263. The molecule has 0 saturated carbocycles. The molecule has 0 radical (unpaired) electrons. The highest BCUT2D eigenvalue weighted by Crippen LogP contribution is 2.56. The van der Waals surface area contributed by atoms with E-state index in [1.165, 1.54) is 14.2 Å². The highest BCUT2D eigenvalue weighted by molar-refractivity contribution is 7.58. The zero-order valence-electron chi connectivity index (χ0n) is 14.3. The molecule has 0 aliphatic carbocycles. The lowest BCUT2D eigenvalue weighted by molar-refractivity contribution is 0.282. The van der Waals surface area contributed by atoms with Crippen molar-refractivity contribution < 1.29 is 18.3 Å². The van der Waals surface area contributed by atoms with Gasteiger partial charge in [0.25, 0.3) is 0 Å². The third-order valence-electron chi connectivity index (χ3n) is 3.66. The molecule has 0 aromatic heterocycles. The number of hydrogen-bond acceptors (Lipinski definition) is 4. The van der Waals surface area contributed by atoms with E-state index >= 15 is 0 Å². The van der Waals surface area contributed by atoms with Crippen LogP contribution in [0, 0.1) is 0 Å². The first kappa shape index (κ1) is 18.5. The molecule has 2 rings (SSSR count). The molecule has 4 nitrogen and oxygen atoms in total. The van der Waals surface area contributed by atoms with Crippen LogP contribution >= 0.6 is 7.60 Å². The highest BCUT2D eigenvalue weighted by Gasteiger charge is 2.25. The Balaban J connectivity index is 2.08. The molecule has 128 valence electrons. The maximum Gasteiger partial charge on any atom is 0.356 e. The van der Waals surface area contributed by atoms with Crippen molar-refractivity contribution in [3.05, 3.63) is 71.0 Å². The number of ether oxygens (including phenoxy) is 1. The summed E-state index contributed by atoms with van der Waals surface area (Å²) in [5.74, 6) is 0.788. The maximum absolute atomic E-state index is 12.5. The summed E-state index contributed by atoms with van der Waals surface area (Å²) in [6.45, 7) is 2.45. The fourth-order valence-corrected chi connectivity index (χ4v) is 3.59. The van der Waals surface area contributed by atoms with E-state index in [0.717, 1.165) is 16.9 Å². The Morgan fingerprint density at radius 3 is 2.17 bits per heavy atom. The van der Waals surface area contributed by atoms with Gasteiger partial charge in [0.1, 0.15) is 12.4 Å². The van der Waals surface area contributed by atoms with E-state index in [4.69, 9.17) is 13.8 Å². The van der Waals surface area contributed by atoms with E-state index in [1.807, 2.05) is 67.6 Å². The smallest absolute Gasteiger partial charge is 0.356 e. The van der Waals surface area contributed by atoms with Crippen LogP contribution in [-0.4, -0.2) is 14.2 Å². The zero-order valence-corrected chi connectivity index (χ0v) is 15.2. The lowest BCUT2D eigenvalue weighted by atomic mass is 10.2. The first-order valence-electron chi connectivity index (χ1n) is 7.80. The Hall–Kier alpha value is -1.87. The van der Waals surface area contributed by atoms with Gasteiger partial charge in [-0.1, -0.05) is 49.4 Å². The molecule has 2 aromatic carbocycles. The van der Waals surface area contributed by atoms with Crippen LogP contribution in [0.15, 0.2) is 59.9 Å². The van der Waals surface area contributed by atoms with Crippen LogP contribution in [0.3, 0.4) is 0 Å². The van der Waals surface area contributed by atoms with E-state index in [1.54, 1.807) is 0 Å². The van der Waals surface area contributed by atoms with Crippen LogP contribution in [0.1, 0.15) is 24.5 Å². The Morgan fingerprint density at radius 2 is 1.62 bits per heavy atom. The zero-order chi connectivity index (χ0) is 17.4. The number of rotatable bonds is 8. The summed E-state index contributed by atoms with van der Waals surface area (Å²) in [6, 6.07) is 17.6. The van der Waals surface area contributed by atoms with Crippen molar-refractivity contribution in [3.63, 3.8) is 0 Å². The SMILES string of the molecule is CC/C(=C\c1ccc(OCc2ccccc2)cc1)P(=O)(OC)OC. The summed E-state index contributed by atoms with van der Waals surface area (Å²) < 4.78 is 28.4. The van der Waals surface area contributed by atoms with Gasteiger partial charge >= 0.3 is 7.60 Å². The average molecular weight is 346 g/mol. The van der Waals surface area contributed by atoms with Crippen molar-refractivity contribution in [2.75, 3.05) is 14.2 Å². The molecule has 0 atom stereocenters. The Labute approximate surface area is 143 Å². The van der Waals surface area contributed by atoms with Crippen LogP contribution in [0.2, 0.25) is 0 Å². The van der Waals surface area contributed by atoms with Crippen molar-refractivity contribution in [2.45, 2.75) is 20.0 Å². The van der Waals surface area contributed by atoms with Gasteiger partial charge in [-0.25, -0.2) is 0 Å². The van der Waals surface area contributed by atoms with Crippen molar-refractivity contribution in [3.8, 4) is 5.75 Å². The minimum atomic E-state index is -3.19. The predicted octanol–water partition coefficient (Wildman–Crippen LogP) is 5.50. The van der Waals surface area contributed by atoms with Gasteiger partial charge in [0, 0.05) is 19.5 Å². The molecular formula is C19H23O4P. The second-order valence-corrected chi connectivity index (χ2v) is 7.49. The molecule has 0 heterocycles. The molecule has 0 aliphatic heterocycles. The van der Waals surface area contributed by atoms with E-state index in [2.05, 4.69) is 0 Å². The van der Waals surface area contributed by atoms with E-state index in [9.17, 15) is 4.57 Å². The summed E-state index contributed by atoms with van der Waals surface area (Å²) in [5.41, 5.74) is 2.05. The molecule has 0 unspecified atom stereocenters. The third kappa shape index (κ3) is 4.81. The van der Waals surface area contributed by atoms with Gasteiger partial charge in [0.15, 0.2) is 0 Å². The quantitative estimate of drug-likeness (QED) is 0.592. The molecule has 0 N–H and O–H groups in total. The first-order chi connectivity index (χ1) is 11.6. The second-order valence-electron chi connectivity index (χ2n) is 5.20. The Morgan fingerprint density at radius 1 is 1.00 bits per heavy atom. The molecule has 0 saturated heterocycles. The third-order valence-corrected chi connectivity index (χ3v) is 5.77. The summed E-state index contributed by atoms with van der Waals surface area (Å²) in [6.07, 6.45) is 2.43. The summed E-state index contributed by atoms with van der Waals surface area (Å²) >= 11 is 0. The standard InChI is InChI=1S/C19H23O4P/c1-4-19(24(20,21-2)22-3)14-16-10-12-18(13-11-16)23-15-17-8-6-5-7-9-17/h5-14H,4,15H2,1-3H3/b19-14+. The molecule has 0 spiro atoms. The van der Waals surface area contributed by atoms with Gasteiger partial charge in [-0.2, -0.15) is 0 Å². The summed E-state index contributed by atoms with van der Waals surface area (Å²) in [5, 5.41) is 0.644. The molecule has 2 aromatic rings.